The number of aromatic nitrogens is 1. The maximum atomic E-state index is 12.1. The van der Waals surface area contributed by atoms with Crippen LogP contribution >= 0.6 is 0 Å². The number of nitrogens with zero attached hydrogens (tertiary/aromatic N) is 2. The Balaban J connectivity index is 2.12. The number of nitro groups is 1. The molecule has 1 aromatic carbocycles. The summed E-state index contributed by atoms with van der Waals surface area (Å²) in [5.41, 5.74) is 3.23. The molecular formula is C16H17N3O7. The van der Waals surface area contributed by atoms with Gasteiger partial charge in [-0.25, -0.2) is 0 Å². The molecule has 1 unspecified atom stereocenters. The van der Waals surface area contributed by atoms with Gasteiger partial charge in [-0.15, -0.1) is 0 Å². The Hall–Kier alpha value is -3.40. The van der Waals surface area contributed by atoms with Crippen molar-refractivity contribution in [3.63, 3.8) is 0 Å². The second-order valence-electron chi connectivity index (χ2n) is 5.33. The van der Waals surface area contributed by atoms with Crippen molar-refractivity contribution in [1.82, 2.24) is 4.57 Å². The van der Waals surface area contributed by atoms with Gasteiger partial charge in [-0.05, 0) is 24.3 Å². The van der Waals surface area contributed by atoms with Crippen molar-refractivity contribution in [3.05, 3.63) is 62.6 Å². The van der Waals surface area contributed by atoms with Gasteiger partial charge in [0, 0.05) is 6.07 Å². The molecule has 0 aliphatic heterocycles. The van der Waals surface area contributed by atoms with Crippen LogP contribution in [0, 0.1) is 10.1 Å². The Morgan fingerprint density at radius 2 is 1.96 bits per heavy atom. The lowest BCUT2D eigenvalue weighted by Crippen LogP contribution is -2.34. The molecule has 0 aliphatic rings. The Morgan fingerprint density at radius 1 is 1.35 bits per heavy atom. The number of benzene rings is 1. The molecule has 1 amide bonds. The van der Waals surface area contributed by atoms with Crippen molar-refractivity contribution < 1.29 is 24.3 Å². The van der Waals surface area contributed by atoms with Gasteiger partial charge < -0.3 is 24.9 Å². The molecule has 1 atom stereocenters. The van der Waals surface area contributed by atoms with Crippen LogP contribution in [0.25, 0.3) is 0 Å². The van der Waals surface area contributed by atoms with E-state index in [2.05, 4.69) is 0 Å². The van der Waals surface area contributed by atoms with E-state index in [1.54, 1.807) is 24.3 Å². The molecule has 2 rings (SSSR count). The second-order valence-corrected chi connectivity index (χ2v) is 5.33. The van der Waals surface area contributed by atoms with Crippen LogP contribution in [0.3, 0.4) is 0 Å². The number of primary amides is 1. The quantitative estimate of drug-likeness (QED) is 0.506. The summed E-state index contributed by atoms with van der Waals surface area (Å²) in [6, 6.07) is 7.42. The first-order valence-electron chi connectivity index (χ1n) is 7.45. The number of nitrogens with two attached hydrogens (primary N) is 1. The number of hydrogen-bond acceptors (Lipinski definition) is 7. The van der Waals surface area contributed by atoms with Crippen LogP contribution in [0.15, 0.2) is 41.3 Å². The molecule has 1 aromatic heterocycles. The van der Waals surface area contributed by atoms with Gasteiger partial charge in [0.15, 0.2) is 0 Å². The number of pyridine rings is 1. The monoisotopic (exact) mass is 363 g/mol. The molecule has 10 nitrogen and oxygen atoms in total. The zero-order chi connectivity index (χ0) is 19.3. The van der Waals surface area contributed by atoms with E-state index in [0.717, 1.165) is 16.8 Å². The van der Waals surface area contributed by atoms with E-state index in [4.69, 9.17) is 15.2 Å². The van der Waals surface area contributed by atoms with Crippen molar-refractivity contribution in [2.45, 2.75) is 12.6 Å². The van der Waals surface area contributed by atoms with Crippen LogP contribution in [0.2, 0.25) is 0 Å². The van der Waals surface area contributed by atoms with E-state index in [-0.39, 0.29) is 13.2 Å². The number of methoxy groups -OCH3 is 1. The van der Waals surface area contributed by atoms with E-state index < -0.39 is 33.7 Å². The number of amides is 1. The number of carbonyl (C=O) groups excluding carboxylic acids is 1. The first-order valence-corrected chi connectivity index (χ1v) is 7.45. The molecule has 0 saturated carbocycles. The molecule has 26 heavy (non-hydrogen) atoms. The summed E-state index contributed by atoms with van der Waals surface area (Å²) in [5.74, 6) is 0.0190. The zero-order valence-electron chi connectivity index (χ0n) is 13.8. The topological polar surface area (TPSA) is 147 Å². The highest BCUT2D eigenvalue weighted by atomic mass is 16.6. The number of aliphatic hydroxyl groups excluding tert-OH is 1. The van der Waals surface area contributed by atoms with E-state index in [1.165, 1.54) is 7.11 Å². The summed E-state index contributed by atoms with van der Waals surface area (Å²) < 4.78 is 11.3. The molecule has 10 heteroatoms. The maximum Gasteiger partial charge on any atom is 0.286 e. The van der Waals surface area contributed by atoms with E-state index in [9.17, 15) is 24.8 Å². The predicted octanol–water partition coefficient (Wildman–Crippen LogP) is 0.304. The number of ether oxygens (including phenoxy) is 2. The highest BCUT2D eigenvalue weighted by Crippen LogP contribution is 2.17. The van der Waals surface area contributed by atoms with Crippen LogP contribution in [0.1, 0.15) is 10.4 Å². The third-order valence-corrected chi connectivity index (χ3v) is 3.46. The summed E-state index contributed by atoms with van der Waals surface area (Å²) >= 11 is 0. The standard InChI is InChI=1S/C16H17N3O7/c1-25-12-2-4-13(5-3-12)26-9-11(20)8-18-7-10(19(23)24)6-14(15(17)21)16(18)22/h2-7,11,20H,8-9H2,1H3,(H2,17,21). The molecule has 0 bridgehead atoms. The minimum absolute atomic E-state index is 0.173. The third kappa shape index (κ3) is 4.57. The Kier molecular flexibility index (Phi) is 5.91. The van der Waals surface area contributed by atoms with Gasteiger partial charge in [0.1, 0.15) is 29.8 Å². The molecular weight excluding hydrogens is 346 g/mol. The minimum atomic E-state index is -1.16. The maximum absolute atomic E-state index is 12.1. The van der Waals surface area contributed by atoms with Gasteiger partial charge in [-0.1, -0.05) is 0 Å². The highest BCUT2D eigenvalue weighted by molar-refractivity contribution is 5.92. The first kappa shape index (κ1) is 18.9. The summed E-state index contributed by atoms with van der Waals surface area (Å²) in [4.78, 5) is 33.6. The van der Waals surface area contributed by atoms with Crippen molar-refractivity contribution in [2.24, 2.45) is 5.73 Å². The fourth-order valence-electron chi connectivity index (χ4n) is 2.18. The Bertz CT molecular complexity index is 861. The summed E-state index contributed by atoms with van der Waals surface area (Å²) in [7, 11) is 1.52. The lowest BCUT2D eigenvalue weighted by molar-refractivity contribution is -0.385. The average Bonchev–Trinajstić information content (AvgIpc) is 2.61. The first-order chi connectivity index (χ1) is 12.3. The number of aliphatic hydroxyl groups is 1. The van der Waals surface area contributed by atoms with Crippen LogP contribution < -0.4 is 20.8 Å². The van der Waals surface area contributed by atoms with Gasteiger partial charge in [0.05, 0.1) is 24.8 Å². The zero-order valence-corrected chi connectivity index (χ0v) is 13.8. The molecule has 3 N–H and O–H groups in total. The molecule has 138 valence electrons. The summed E-state index contributed by atoms with van der Waals surface area (Å²) in [6.07, 6.45) is -0.219. The molecule has 1 heterocycles. The average molecular weight is 363 g/mol. The van der Waals surface area contributed by atoms with Gasteiger partial charge >= 0.3 is 0 Å². The van der Waals surface area contributed by atoms with Gasteiger partial charge in [0.2, 0.25) is 0 Å². The summed E-state index contributed by atoms with van der Waals surface area (Å²) in [6.45, 7) is -0.482. The van der Waals surface area contributed by atoms with E-state index >= 15 is 0 Å². The normalized spacial score (nSPS) is 11.6. The van der Waals surface area contributed by atoms with Crippen molar-refractivity contribution in [3.8, 4) is 11.5 Å². The molecule has 0 aliphatic carbocycles. The van der Waals surface area contributed by atoms with E-state index in [1.807, 2.05) is 0 Å². The van der Waals surface area contributed by atoms with E-state index in [0.29, 0.717) is 11.5 Å². The van der Waals surface area contributed by atoms with Crippen molar-refractivity contribution >= 4 is 11.6 Å². The lowest BCUT2D eigenvalue weighted by Gasteiger charge is -2.14. The van der Waals surface area contributed by atoms with Crippen molar-refractivity contribution in [2.75, 3.05) is 13.7 Å². The smallest absolute Gasteiger partial charge is 0.286 e. The Morgan fingerprint density at radius 3 is 2.50 bits per heavy atom. The summed E-state index contributed by atoms with van der Waals surface area (Å²) in [5, 5.41) is 21.0. The largest absolute Gasteiger partial charge is 0.497 e. The van der Waals surface area contributed by atoms with Crippen LogP contribution in [-0.4, -0.2) is 40.3 Å². The fourth-order valence-corrected chi connectivity index (χ4v) is 2.18. The van der Waals surface area contributed by atoms with Crippen LogP contribution in [-0.2, 0) is 6.54 Å². The van der Waals surface area contributed by atoms with Crippen molar-refractivity contribution in [1.29, 1.82) is 0 Å². The molecule has 0 fully saturated rings. The molecule has 0 radical (unpaired) electrons. The molecule has 0 spiro atoms. The minimum Gasteiger partial charge on any atom is -0.497 e. The highest BCUT2D eigenvalue weighted by Gasteiger charge is 2.19. The SMILES string of the molecule is COc1ccc(OCC(O)Cn2cc([N+](=O)[O-])cc(C(N)=O)c2=O)cc1. The number of carbonyl (C=O) groups is 1. The molecule has 0 saturated heterocycles. The second kappa shape index (κ2) is 8.12. The predicted molar refractivity (Wildman–Crippen MR) is 90.4 cm³/mol. The lowest BCUT2D eigenvalue weighted by atomic mass is 10.2. The Labute approximate surface area is 147 Å². The molecule has 2 aromatic rings. The van der Waals surface area contributed by atoms with Gasteiger partial charge in [-0.2, -0.15) is 0 Å². The number of hydrogen-bond donors (Lipinski definition) is 2. The fraction of sp³-hybridized carbons (Fsp3) is 0.250. The number of rotatable bonds is 8. The van der Waals surface area contributed by atoms with Gasteiger partial charge in [0.25, 0.3) is 17.2 Å². The van der Waals surface area contributed by atoms with Gasteiger partial charge in [-0.3, -0.25) is 19.7 Å². The third-order valence-electron chi connectivity index (χ3n) is 3.46. The van der Waals surface area contributed by atoms with Crippen LogP contribution in [0.4, 0.5) is 5.69 Å². The van der Waals surface area contributed by atoms with Crippen LogP contribution in [0.5, 0.6) is 11.5 Å².